The minimum atomic E-state index is 0.682. The Morgan fingerprint density at radius 3 is 1.77 bits per heavy atom. The van der Waals surface area contributed by atoms with E-state index in [0.717, 1.165) is 0 Å². The van der Waals surface area contributed by atoms with Crippen LogP contribution in [0.4, 0.5) is 0 Å². The van der Waals surface area contributed by atoms with E-state index in [1.54, 1.807) is 0 Å². The lowest BCUT2D eigenvalue weighted by Crippen LogP contribution is -2.08. The normalized spacial score (nSPS) is 10.6. The number of nitrogens with zero attached hydrogens (tertiary/aromatic N) is 4. The Morgan fingerprint density at radius 2 is 1.46 bits per heavy atom. The first-order chi connectivity index (χ1) is 6.24. The molecule has 0 bridgehead atoms. The minimum Gasteiger partial charge on any atom is -0.251 e. The molecule has 0 aliphatic carbocycles. The first-order valence-corrected chi connectivity index (χ1v) is 4.22. The summed E-state index contributed by atoms with van der Waals surface area (Å²) in [5, 5.41) is 8.35. The van der Waals surface area contributed by atoms with Crippen molar-refractivity contribution in [3.63, 3.8) is 0 Å². The van der Waals surface area contributed by atoms with Gasteiger partial charge in [-0.15, -0.1) is 0 Å². The van der Waals surface area contributed by atoms with E-state index in [1.165, 1.54) is 11.1 Å². The zero-order valence-corrected chi connectivity index (χ0v) is 7.81. The predicted octanol–water partition coefficient (Wildman–Crippen LogP) is 1.20. The van der Waals surface area contributed by atoms with E-state index >= 15 is 0 Å². The van der Waals surface area contributed by atoms with Gasteiger partial charge in [0.05, 0.1) is 12.4 Å². The number of aromatic nitrogens is 4. The SMILES string of the molecule is Cc1cnn(Cn2cc(C)cn2)c1. The third-order valence-electron chi connectivity index (χ3n) is 1.81. The van der Waals surface area contributed by atoms with Crippen molar-refractivity contribution < 1.29 is 0 Å². The zero-order chi connectivity index (χ0) is 9.26. The Balaban J connectivity index is 2.14. The molecule has 0 N–H and O–H groups in total. The van der Waals surface area contributed by atoms with Crippen LogP contribution in [0.2, 0.25) is 0 Å². The van der Waals surface area contributed by atoms with Gasteiger partial charge >= 0.3 is 0 Å². The summed E-state index contributed by atoms with van der Waals surface area (Å²) in [7, 11) is 0. The van der Waals surface area contributed by atoms with E-state index in [9.17, 15) is 0 Å². The second kappa shape index (κ2) is 3.05. The topological polar surface area (TPSA) is 35.6 Å². The highest BCUT2D eigenvalue weighted by Gasteiger charge is 1.96. The van der Waals surface area contributed by atoms with Gasteiger partial charge in [-0.2, -0.15) is 10.2 Å². The van der Waals surface area contributed by atoms with Gasteiger partial charge in [-0.25, -0.2) is 0 Å². The zero-order valence-electron chi connectivity index (χ0n) is 7.81. The molecular weight excluding hydrogens is 164 g/mol. The molecule has 68 valence electrons. The van der Waals surface area contributed by atoms with Gasteiger partial charge in [-0.05, 0) is 25.0 Å². The summed E-state index contributed by atoms with van der Waals surface area (Å²) in [6.07, 6.45) is 7.68. The van der Waals surface area contributed by atoms with E-state index in [2.05, 4.69) is 10.2 Å². The third-order valence-corrected chi connectivity index (χ3v) is 1.81. The monoisotopic (exact) mass is 176 g/mol. The van der Waals surface area contributed by atoms with Crippen molar-refractivity contribution in [2.45, 2.75) is 20.5 Å². The van der Waals surface area contributed by atoms with Crippen molar-refractivity contribution in [1.29, 1.82) is 0 Å². The molecule has 0 unspecified atom stereocenters. The molecular formula is C9H12N4. The summed E-state index contributed by atoms with van der Waals surface area (Å²) >= 11 is 0. The highest BCUT2D eigenvalue weighted by molar-refractivity contribution is 5.01. The van der Waals surface area contributed by atoms with Crippen LogP contribution in [-0.2, 0) is 6.67 Å². The minimum absolute atomic E-state index is 0.682. The molecule has 2 heterocycles. The van der Waals surface area contributed by atoms with Crippen molar-refractivity contribution in [2.75, 3.05) is 0 Å². The van der Waals surface area contributed by atoms with Crippen molar-refractivity contribution in [3.8, 4) is 0 Å². The lowest BCUT2D eigenvalue weighted by atomic mass is 10.4. The van der Waals surface area contributed by atoms with Gasteiger partial charge in [0.2, 0.25) is 0 Å². The molecule has 4 nitrogen and oxygen atoms in total. The molecule has 0 aliphatic heterocycles. The fraction of sp³-hybridized carbons (Fsp3) is 0.333. The summed E-state index contributed by atoms with van der Waals surface area (Å²) in [5.74, 6) is 0. The molecule has 13 heavy (non-hydrogen) atoms. The van der Waals surface area contributed by atoms with Gasteiger partial charge in [0.1, 0.15) is 6.67 Å². The van der Waals surface area contributed by atoms with Crippen LogP contribution in [-0.4, -0.2) is 19.6 Å². The molecule has 0 saturated heterocycles. The summed E-state index contributed by atoms with van der Waals surface area (Å²) in [5.41, 5.74) is 2.34. The van der Waals surface area contributed by atoms with E-state index in [4.69, 9.17) is 0 Å². The summed E-state index contributed by atoms with van der Waals surface area (Å²) < 4.78 is 3.73. The molecule has 0 saturated carbocycles. The predicted molar refractivity (Wildman–Crippen MR) is 49.3 cm³/mol. The molecule has 0 amide bonds. The Hall–Kier alpha value is -1.58. The van der Waals surface area contributed by atoms with Crippen LogP contribution in [0.1, 0.15) is 11.1 Å². The van der Waals surface area contributed by atoms with Crippen LogP contribution in [0.3, 0.4) is 0 Å². The lowest BCUT2D eigenvalue weighted by molar-refractivity contribution is 0.502. The Kier molecular flexibility index (Phi) is 1.88. The van der Waals surface area contributed by atoms with Gasteiger partial charge in [-0.3, -0.25) is 9.36 Å². The van der Waals surface area contributed by atoms with E-state index < -0.39 is 0 Å². The Labute approximate surface area is 76.8 Å². The average Bonchev–Trinajstić information content (AvgIpc) is 2.62. The van der Waals surface area contributed by atoms with Crippen LogP contribution in [0.15, 0.2) is 24.8 Å². The number of aryl methyl sites for hydroxylation is 2. The molecule has 4 heteroatoms. The molecule has 0 fully saturated rings. The molecule has 0 radical (unpaired) electrons. The van der Waals surface area contributed by atoms with Gasteiger partial charge in [0.15, 0.2) is 0 Å². The van der Waals surface area contributed by atoms with Crippen molar-refractivity contribution in [1.82, 2.24) is 19.6 Å². The fourth-order valence-electron chi connectivity index (χ4n) is 1.24. The van der Waals surface area contributed by atoms with Gasteiger partial charge < -0.3 is 0 Å². The van der Waals surface area contributed by atoms with Gasteiger partial charge in [0, 0.05) is 12.4 Å². The number of rotatable bonds is 2. The van der Waals surface area contributed by atoms with Crippen LogP contribution < -0.4 is 0 Å². The van der Waals surface area contributed by atoms with Crippen LogP contribution in [0, 0.1) is 13.8 Å². The van der Waals surface area contributed by atoms with E-state index in [0.29, 0.717) is 6.67 Å². The molecule has 0 aliphatic rings. The molecule has 2 aromatic heterocycles. The van der Waals surface area contributed by atoms with Crippen LogP contribution in [0.25, 0.3) is 0 Å². The molecule has 0 spiro atoms. The molecule has 0 atom stereocenters. The smallest absolute Gasteiger partial charge is 0.133 e. The van der Waals surface area contributed by atoms with Crippen LogP contribution >= 0.6 is 0 Å². The fourth-order valence-corrected chi connectivity index (χ4v) is 1.24. The largest absolute Gasteiger partial charge is 0.251 e. The van der Waals surface area contributed by atoms with Crippen molar-refractivity contribution in [2.24, 2.45) is 0 Å². The number of hydrogen-bond acceptors (Lipinski definition) is 2. The van der Waals surface area contributed by atoms with E-state index in [1.807, 2.05) is 48.0 Å². The second-order valence-electron chi connectivity index (χ2n) is 3.26. The number of hydrogen-bond donors (Lipinski definition) is 0. The Bertz CT molecular complexity index is 361. The maximum absolute atomic E-state index is 4.18. The maximum atomic E-state index is 4.18. The first-order valence-electron chi connectivity index (χ1n) is 4.22. The Morgan fingerprint density at radius 1 is 1.00 bits per heavy atom. The highest BCUT2D eigenvalue weighted by atomic mass is 15.4. The first kappa shape index (κ1) is 8.04. The molecule has 2 aromatic rings. The van der Waals surface area contributed by atoms with Crippen LogP contribution in [0.5, 0.6) is 0 Å². The molecule has 2 rings (SSSR count). The van der Waals surface area contributed by atoms with Gasteiger partial charge in [0.25, 0.3) is 0 Å². The summed E-state index contributed by atoms with van der Waals surface area (Å²) in [6, 6.07) is 0. The van der Waals surface area contributed by atoms with Crippen molar-refractivity contribution >= 4 is 0 Å². The third kappa shape index (κ3) is 1.77. The second-order valence-corrected chi connectivity index (χ2v) is 3.26. The van der Waals surface area contributed by atoms with E-state index in [-0.39, 0.29) is 0 Å². The molecule has 0 aromatic carbocycles. The average molecular weight is 176 g/mol. The quantitative estimate of drug-likeness (QED) is 0.689. The summed E-state index contributed by atoms with van der Waals surface area (Å²) in [4.78, 5) is 0. The standard InChI is InChI=1S/C9H12N4/c1-8-3-10-12(5-8)7-13-6-9(2)4-11-13/h3-6H,7H2,1-2H3. The van der Waals surface area contributed by atoms with Gasteiger partial charge in [-0.1, -0.05) is 0 Å². The lowest BCUT2D eigenvalue weighted by Gasteiger charge is -2.00. The highest BCUT2D eigenvalue weighted by Crippen LogP contribution is 1.97. The summed E-state index contributed by atoms with van der Waals surface area (Å²) in [6.45, 7) is 4.73. The van der Waals surface area contributed by atoms with Crippen molar-refractivity contribution in [3.05, 3.63) is 35.9 Å². The maximum Gasteiger partial charge on any atom is 0.133 e.